The molecule has 1 amide bonds. The topological polar surface area (TPSA) is 45.2 Å². The highest BCUT2D eigenvalue weighted by Crippen LogP contribution is 2.20. The van der Waals surface area contributed by atoms with Crippen LogP contribution >= 0.6 is 0 Å². The first-order chi connectivity index (χ1) is 13.5. The first-order valence-corrected chi connectivity index (χ1v) is 9.19. The van der Waals surface area contributed by atoms with E-state index >= 15 is 0 Å². The number of likely N-dealkylation sites (N-methyl/N-ethyl adjacent to an activating group) is 1. The largest absolute Gasteiger partial charge is 0.350 e. The van der Waals surface area contributed by atoms with Crippen molar-refractivity contribution in [2.24, 2.45) is 0 Å². The molecule has 0 aliphatic rings. The van der Waals surface area contributed by atoms with Gasteiger partial charge in [-0.15, -0.1) is 0 Å². The van der Waals surface area contributed by atoms with E-state index in [1.165, 1.54) is 12.1 Å². The lowest BCUT2D eigenvalue weighted by atomic mass is 10.1. The predicted octanol–water partition coefficient (Wildman–Crippen LogP) is 4.23. The number of hydrogen-bond donors (Lipinski definition) is 1. The predicted molar refractivity (Wildman–Crippen MR) is 110 cm³/mol. The second-order valence-corrected chi connectivity index (χ2v) is 6.94. The molecule has 0 saturated heterocycles. The van der Waals surface area contributed by atoms with E-state index in [0.29, 0.717) is 17.8 Å². The highest BCUT2D eigenvalue weighted by Gasteiger charge is 2.17. The summed E-state index contributed by atoms with van der Waals surface area (Å²) in [5, 5.41) is 2.98. The standard InChI is InChI=1S/C23H24FN3O/c1-16-20(13-14-21(26-16)17-7-5-4-6-8-17)23(28)25-15-22(27(2)3)18-9-11-19(24)12-10-18/h4-14,22H,15H2,1-3H3,(H,25,28). The maximum Gasteiger partial charge on any atom is 0.253 e. The molecular formula is C23H24FN3O. The number of nitrogens with one attached hydrogen (secondary N) is 1. The Hall–Kier alpha value is -3.05. The summed E-state index contributed by atoms with van der Waals surface area (Å²) in [5.41, 5.74) is 4.04. The van der Waals surface area contributed by atoms with Crippen molar-refractivity contribution >= 4 is 5.91 Å². The van der Waals surface area contributed by atoms with Crippen LogP contribution in [0.15, 0.2) is 66.7 Å². The average molecular weight is 377 g/mol. The highest BCUT2D eigenvalue weighted by molar-refractivity contribution is 5.95. The summed E-state index contributed by atoms with van der Waals surface area (Å²) in [6.07, 6.45) is 0. The van der Waals surface area contributed by atoms with Gasteiger partial charge in [0.1, 0.15) is 5.82 Å². The maximum absolute atomic E-state index is 13.2. The van der Waals surface area contributed by atoms with Gasteiger partial charge < -0.3 is 10.2 Å². The van der Waals surface area contributed by atoms with Gasteiger partial charge in [0.25, 0.3) is 5.91 Å². The number of aryl methyl sites for hydroxylation is 1. The molecule has 1 atom stereocenters. The van der Waals surface area contributed by atoms with E-state index in [1.807, 2.05) is 68.4 Å². The molecule has 5 heteroatoms. The van der Waals surface area contributed by atoms with Gasteiger partial charge in [0.05, 0.1) is 23.0 Å². The first kappa shape index (κ1) is 19.7. The normalized spacial score (nSPS) is 12.0. The van der Waals surface area contributed by atoms with Crippen LogP contribution in [0.25, 0.3) is 11.3 Å². The number of carbonyl (C=O) groups excluding carboxylic acids is 1. The fourth-order valence-corrected chi connectivity index (χ4v) is 3.14. The summed E-state index contributed by atoms with van der Waals surface area (Å²) in [4.78, 5) is 19.3. The molecule has 0 spiro atoms. The van der Waals surface area contributed by atoms with E-state index in [1.54, 1.807) is 12.1 Å². The van der Waals surface area contributed by atoms with Crippen molar-refractivity contribution in [3.63, 3.8) is 0 Å². The number of halogens is 1. The van der Waals surface area contributed by atoms with Crippen LogP contribution < -0.4 is 5.32 Å². The Kier molecular flexibility index (Phi) is 6.16. The highest BCUT2D eigenvalue weighted by atomic mass is 19.1. The van der Waals surface area contributed by atoms with Gasteiger partial charge in [-0.25, -0.2) is 4.39 Å². The summed E-state index contributed by atoms with van der Waals surface area (Å²) in [7, 11) is 3.86. The minimum Gasteiger partial charge on any atom is -0.350 e. The molecule has 0 aliphatic heterocycles. The molecule has 144 valence electrons. The Morgan fingerprint density at radius 1 is 1.04 bits per heavy atom. The molecule has 1 unspecified atom stereocenters. The van der Waals surface area contributed by atoms with Crippen molar-refractivity contribution in [1.82, 2.24) is 15.2 Å². The SMILES string of the molecule is Cc1nc(-c2ccccc2)ccc1C(=O)NCC(c1ccc(F)cc1)N(C)C. The Morgan fingerprint density at radius 3 is 2.32 bits per heavy atom. The van der Waals surface area contributed by atoms with Crippen LogP contribution in [0.3, 0.4) is 0 Å². The quantitative estimate of drug-likeness (QED) is 0.699. The molecule has 3 aromatic rings. The molecular weight excluding hydrogens is 353 g/mol. The maximum atomic E-state index is 13.2. The van der Waals surface area contributed by atoms with Crippen molar-refractivity contribution in [2.45, 2.75) is 13.0 Å². The second-order valence-electron chi connectivity index (χ2n) is 6.94. The number of carbonyl (C=O) groups is 1. The molecule has 3 rings (SSSR count). The number of aromatic nitrogens is 1. The number of hydrogen-bond acceptors (Lipinski definition) is 3. The molecule has 0 saturated carbocycles. The van der Waals surface area contributed by atoms with Crippen LogP contribution in [0.5, 0.6) is 0 Å². The third-order valence-electron chi connectivity index (χ3n) is 4.73. The van der Waals surface area contributed by atoms with Gasteiger partial charge in [0.2, 0.25) is 0 Å². The van der Waals surface area contributed by atoms with E-state index < -0.39 is 0 Å². The fraction of sp³-hybridized carbons (Fsp3) is 0.217. The summed E-state index contributed by atoms with van der Waals surface area (Å²) < 4.78 is 13.2. The zero-order valence-corrected chi connectivity index (χ0v) is 16.3. The smallest absolute Gasteiger partial charge is 0.253 e. The van der Waals surface area contributed by atoms with E-state index in [9.17, 15) is 9.18 Å². The number of benzene rings is 2. The molecule has 2 aromatic carbocycles. The number of nitrogens with zero attached hydrogens (tertiary/aromatic N) is 2. The summed E-state index contributed by atoms with van der Waals surface area (Å²) in [5.74, 6) is -0.441. The van der Waals surface area contributed by atoms with Gasteiger partial charge in [-0.2, -0.15) is 0 Å². The number of amides is 1. The van der Waals surface area contributed by atoms with Crippen LogP contribution in [0.1, 0.15) is 27.7 Å². The monoisotopic (exact) mass is 377 g/mol. The second kappa shape index (κ2) is 8.76. The third-order valence-corrected chi connectivity index (χ3v) is 4.73. The third kappa shape index (κ3) is 4.61. The van der Waals surface area contributed by atoms with Crippen LogP contribution in [0, 0.1) is 12.7 Å². The Labute approximate surface area is 165 Å². The lowest BCUT2D eigenvalue weighted by Gasteiger charge is -2.25. The van der Waals surface area contributed by atoms with Gasteiger partial charge in [-0.3, -0.25) is 9.78 Å². The van der Waals surface area contributed by atoms with Crippen molar-refractivity contribution in [1.29, 1.82) is 0 Å². The summed E-state index contributed by atoms with van der Waals surface area (Å²) >= 11 is 0. The number of pyridine rings is 1. The van der Waals surface area contributed by atoms with Crippen molar-refractivity contribution in [3.05, 3.63) is 89.4 Å². The van der Waals surface area contributed by atoms with Gasteiger partial charge in [-0.1, -0.05) is 42.5 Å². The molecule has 0 fully saturated rings. The molecule has 0 bridgehead atoms. The van der Waals surface area contributed by atoms with Gasteiger partial charge >= 0.3 is 0 Å². The molecule has 1 aromatic heterocycles. The molecule has 1 N–H and O–H groups in total. The first-order valence-electron chi connectivity index (χ1n) is 9.19. The minimum atomic E-state index is -0.273. The van der Waals surface area contributed by atoms with Gasteiger partial charge in [-0.05, 0) is 50.8 Å². The molecule has 0 radical (unpaired) electrons. The van der Waals surface area contributed by atoms with Crippen LogP contribution in [0.4, 0.5) is 4.39 Å². The molecule has 1 heterocycles. The average Bonchev–Trinajstić information content (AvgIpc) is 2.69. The van der Waals surface area contributed by atoms with Gasteiger partial charge in [0, 0.05) is 12.1 Å². The van der Waals surface area contributed by atoms with Crippen molar-refractivity contribution < 1.29 is 9.18 Å². The van der Waals surface area contributed by atoms with E-state index in [0.717, 1.165) is 16.8 Å². The summed E-state index contributed by atoms with van der Waals surface area (Å²) in [6.45, 7) is 2.25. The van der Waals surface area contributed by atoms with Crippen molar-refractivity contribution in [3.8, 4) is 11.3 Å². The lowest BCUT2D eigenvalue weighted by Crippen LogP contribution is -2.35. The minimum absolute atomic E-state index is 0.0543. The number of rotatable bonds is 6. The van der Waals surface area contributed by atoms with Gasteiger partial charge in [0.15, 0.2) is 0 Å². The van der Waals surface area contributed by atoms with E-state index in [2.05, 4.69) is 10.3 Å². The Balaban J connectivity index is 1.72. The fourth-order valence-electron chi connectivity index (χ4n) is 3.14. The lowest BCUT2D eigenvalue weighted by molar-refractivity contribution is 0.0941. The molecule has 28 heavy (non-hydrogen) atoms. The molecule has 4 nitrogen and oxygen atoms in total. The van der Waals surface area contributed by atoms with E-state index in [-0.39, 0.29) is 17.8 Å². The zero-order valence-electron chi connectivity index (χ0n) is 16.3. The molecule has 0 aliphatic carbocycles. The van der Waals surface area contributed by atoms with Crippen LogP contribution in [-0.4, -0.2) is 36.4 Å². The zero-order chi connectivity index (χ0) is 20.1. The van der Waals surface area contributed by atoms with Crippen molar-refractivity contribution in [2.75, 3.05) is 20.6 Å². The van der Waals surface area contributed by atoms with Crippen LogP contribution in [-0.2, 0) is 0 Å². The Bertz CT molecular complexity index is 940. The van der Waals surface area contributed by atoms with E-state index in [4.69, 9.17) is 0 Å². The Morgan fingerprint density at radius 2 is 1.71 bits per heavy atom. The summed E-state index contributed by atoms with van der Waals surface area (Å²) in [6, 6.07) is 19.8. The van der Waals surface area contributed by atoms with Crippen LogP contribution in [0.2, 0.25) is 0 Å².